The number of carbonyl (C=O) groups excluding carboxylic acids is 2. The molecule has 1 amide bonds. The molecule has 8 heteroatoms. The molecule has 2 rings (SSSR count). The third-order valence-electron chi connectivity index (χ3n) is 3.73. The van der Waals surface area contributed by atoms with Crippen LogP contribution in [0.1, 0.15) is 18.9 Å². The maximum atomic E-state index is 12.2. The quantitative estimate of drug-likeness (QED) is 0.676. The van der Waals surface area contributed by atoms with Crippen LogP contribution in [0.4, 0.5) is 5.69 Å². The van der Waals surface area contributed by atoms with E-state index in [2.05, 4.69) is 5.32 Å². The van der Waals surface area contributed by atoms with Gasteiger partial charge in [-0.25, -0.2) is 8.42 Å². The van der Waals surface area contributed by atoms with Crippen molar-refractivity contribution in [3.05, 3.63) is 59.1 Å². The molecule has 0 atom stereocenters. The number of hydrogen-bond acceptors (Lipinski definition) is 5. The lowest BCUT2D eigenvalue weighted by atomic mass is 10.1. The van der Waals surface area contributed by atoms with Gasteiger partial charge in [-0.2, -0.15) is 0 Å². The van der Waals surface area contributed by atoms with E-state index < -0.39 is 34.1 Å². The highest BCUT2D eigenvalue weighted by Gasteiger charge is 2.17. The van der Waals surface area contributed by atoms with E-state index in [0.717, 1.165) is 12.0 Å². The average Bonchev–Trinajstić information content (AvgIpc) is 2.65. The Kier molecular flexibility index (Phi) is 7.38. The summed E-state index contributed by atoms with van der Waals surface area (Å²) in [6.45, 7) is 1.52. The normalized spacial score (nSPS) is 11.0. The first-order chi connectivity index (χ1) is 12.8. The van der Waals surface area contributed by atoms with Crippen LogP contribution >= 0.6 is 11.6 Å². The molecule has 0 aliphatic heterocycles. The molecule has 2 aromatic carbocycles. The zero-order valence-electron chi connectivity index (χ0n) is 14.8. The van der Waals surface area contributed by atoms with Gasteiger partial charge in [-0.05, 0) is 48.4 Å². The highest BCUT2D eigenvalue weighted by molar-refractivity contribution is 7.91. The minimum absolute atomic E-state index is 0.0771. The zero-order chi connectivity index (χ0) is 19.9. The minimum Gasteiger partial charge on any atom is -0.456 e. The maximum Gasteiger partial charge on any atom is 0.307 e. The first-order valence-corrected chi connectivity index (χ1v) is 10.4. The standard InChI is InChI=1S/C19H20ClNO5S/c1-2-14-4-3-5-16(12-14)21-18(22)13-26-19(23)10-11-27(24,25)17-8-6-15(20)7-9-17/h3-9,12H,2,10-11,13H2,1H3,(H,21,22). The van der Waals surface area contributed by atoms with Crippen molar-refractivity contribution in [2.45, 2.75) is 24.7 Å². The Morgan fingerprint density at radius 3 is 2.48 bits per heavy atom. The summed E-state index contributed by atoms with van der Waals surface area (Å²) in [4.78, 5) is 23.7. The molecule has 0 unspecified atom stereocenters. The summed E-state index contributed by atoms with van der Waals surface area (Å²) in [6.07, 6.45) is 0.490. The van der Waals surface area contributed by atoms with Crippen molar-refractivity contribution in [2.75, 3.05) is 17.7 Å². The van der Waals surface area contributed by atoms with E-state index in [-0.39, 0.29) is 11.3 Å². The Balaban J connectivity index is 1.80. The number of hydrogen-bond donors (Lipinski definition) is 1. The second kappa shape index (κ2) is 9.53. The van der Waals surface area contributed by atoms with Crippen molar-refractivity contribution in [3.63, 3.8) is 0 Å². The summed E-state index contributed by atoms with van der Waals surface area (Å²) in [5.41, 5.74) is 1.68. The summed E-state index contributed by atoms with van der Waals surface area (Å²) >= 11 is 5.73. The third kappa shape index (κ3) is 6.69. The monoisotopic (exact) mass is 409 g/mol. The first kappa shape index (κ1) is 20.9. The fourth-order valence-electron chi connectivity index (χ4n) is 2.26. The van der Waals surface area contributed by atoms with Gasteiger partial charge in [-0.3, -0.25) is 9.59 Å². The molecule has 0 fully saturated rings. The lowest BCUT2D eigenvalue weighted by Crippen LogP contribution is -2.22. The lowest BCUT2D eigenvalue weighted by Gasteiger charge is -2.08. The second-order valence-electron chi connectivity index (χ2n) is 5.79. The van der Waals surface area contributed by atoms with Crippen molar-refractivity contribution < 1.29 is 22.7 Å². The molecule has 144 valence electrons. The third-order valence-corrected chi connectivity index (χ3v) is 5.71. The number of amides is 1. The van der Waals surface area contributed by atoms with Crippen LogP contribution < -0.4 is 5.32 Å². The van der Waals surface area contributed by atoms with E-state index in [1.807, 2.05) is 25.1 Å². The number of carbonyl (C=O) groups is 2. The van der Waals surface area contributed by atoms with Crippen molar-refractivity contribution >= 4 is 39.0 Å². The van der Waals surface area contributed by atoms with Crippen LogP contribution in [-0.2, 0) is 30.6 Å². The topological polar surface area (TPSA) is 89.5 Å². The van der Waals surface area contributed by atoms with E-state index in [1.54, 1.807) is 6.07 Å². The van der Waals surface area contributed by atoms with Crippen molar-refractivity contribution in [2.24, 2.45) is 0 Å². The second-order valence-corrected chi connectivity index (χ2v) is 8.33. The van der Waals surface area contributed by atoms with Gasteiger partial charge >= 0.3 is 5.97 Å². The summed E-state index contributed by atoms with van der Waals surface area (Å²) < 4.78 is 29.2. The molecule has 27 heavy (non-hydrogen) atoms. The predicted molar refractivity (Wildman–Crippen MR) is 104 cm³/mol. The number of ether oxygens (including phenoxy) is 1. The van der Waals surface area contributed by atoms with Crippen LogP contribution in [0.15, 0.2) is 53.4 Å². The van der Waals surface area contributed by atoms with Gasteiger partial charge in [0, 0.05) is 10.7 Å². The molecular weight excluding hydrogens is 390 g/mol. The van der Waals surface area contributed by atoms with Gasteiger partial charge < -0.3 is 10.1 Å². The van der Waals surface area contributed by atoms with Gasteiger partial charge in [-0.15, -0.1) is 0 Å². The molecule has 0 heterocycles. The first-order valence-electron chi connectivity index (χ1n) is 8.33. The molecule has 0 aliphatic rings. The van der Waals surface area contributed by atoms with Gasteiger partial charge in [-0.1, -0.05) is 30.7 Å². The Bertz CT molecular complexity index is 910. The van der Waals surface area contributed by atoms with Gasteiger partial charge in [0.2, 0.25) is 0 Å². The number of nitrogens with one attached hydrogen (secondary N) is 1. The van der Waals surface area contributed by atoms with Crippen LogP contribution in [0, 0.1) is 0 Å². The highest BCUT2D eigenvalue weighted by atomic mass is 35.5. The van der Waals surface area contributed by atoms with E-state index in [0.29, 0.717) is 10.7 Å². The fourth-order valence-corrected chi connectivity index (χ4v) is 3.61. The molecule has 2 aromatic rings. The predicted octanol–water partition coefficient (Wildman–Crippen LogP) is 3.25. The molecular formula is C19H20ClNO5S. The summed E-state index contributed by atoms with van der Waals surface area (Å²) in [7, 11) is -3.63. The van der Waals surface area contributed by atoms with Crippen LogP contribution in [-0.4, -0.2) is 32.7 Å². The average molecular weight is 410 g/mol. The van der Waals surface area contributed by atoms with Crippen molar-refractivity contribution in [3.8, 4) is 0 Å². The number of esters is 1. The maximum absolute atomic E-state index is 12.2. The lowest BCUT2D eigenvalue weighted by molar-refractivity contribution is -0.146. The van der Waals surface area contributed by atoms with Crippen molar-refractivity contribution in [1.82, 2.24) is 0 Å². The largest absolute Gasteiger partial charge is 0.456 e. The van der Waals surface area contributed by atoms with Gasteiger partial charge in [0.15, 0.2) is 16.4 Å². The van der Waals surface area contributed by atoms with E-state index >= 15 is 0 Å². The Morgan fingerprint density at radius 2 is 1.81 bits per heavy atom. The SMILES string of the molecule is CCc1cccc(NC(=O)COC(=O)CCS(=O)(=O)c2ccc(Cl)cc2)c1. The molecule has 0 saturated heterocycles. The molecule has 0 aromatic heterocycles. The van der Waals surface area contributed by atoms with Gasteiger partial charge in [0.05, 0.1) is 17.1 Å². The van der Waals surface area contributed by atoms with Crippen LogP contribution in [0.3, 0.4) is 0 Å². The zero-order valence-corrected chi connectivity index (χ0v) is 16.3. The number of benzene rings is 2. The molecule has 0 saturated carbocycles. The van der Waals surface area contributed by atoms with Gasteiger partial charge in [0.1, 0.15) is 0 Å². The summed E-state index contributed by atoms with van der Waals surface area (Å²) in [6, 6.07) is 13.0. The van der Waals surface area contributed by atoms with Crippen LogP contribution in [0.2, 0.25) is 5.02 Å². The van der Waals surface area contributed by atoms with E-state index in [1.165, 1.54) is 24.3 Å². The van der Waals surface area contributed by atoms with Crippen molar-refractivity contribution in [1.29, 1.82) is 0 Å². The Morgan fingerprint density at radius 1 is 1.11 bits per heavy atom. The summed E-state index contributed by atoms with van der Waals surface area (Å²) in [5.74, 6) is -1.66. The highest BCUT2D eigenvalue weighted by Crippen LogP contribution is 2.16. The molecule has 0 aliphatic carbocycles. The number of anilines is 1. The number of aryl methyl sites for hydroxylation is 1. The fraction of sp³-hybridized carbons (Fsp3) is 0.263. The van der Waals surface area contributed by atoms with Crippen LogP contribution in [0.25, 0.3) is 0 Å². The number of rotatable bonds is 8. The molecule has 6 nitrogen and oxygen atoms in total. The molecule has 0 radical (unpaired) electrons. The minimum atomic E-state index is -3.63. The van der Waals surface area contributed by atoms with E-state index in [9.17, 15) is 18.0 Å². The Hall–Kier alpha value is -2.38. The summed E-state index contributed by atoms with van der Waals surface area (Å²) in [5, 5.41) is 3.05. The van der Waals surface area contributed by atoms with E-state index in [4.69, 9.17) is 16.3 Å². The van der Waals surface area contributed by atoms with Crippen LogP contribution in [0.5, 0.6) is 0 Å². The molecule has 0 spiro atoms. The van der Waals surface area contributed by atoms with Gasteiger partial charge in [0.25, 0.3) is 5.91 Å². The number of halogens is 1. The number of sulfone groups is 1. The molecule has 1 N–H and O–H groups in total. The smallest absolute Gasteiger partial charge is 0.307 e. The Labute approximate surface area is 163 Å². The molecule has 0 bridgehead atoms.